The number of nitrogens with one attached hydrogen (secondary N) is 3. The van der Waals surface area contributed by atoms with E-state index in [0.717, 1.165) is 19.3 Å². The molecule has 0 spiro atoms. The summed E-state index contributed by atoms with van der Waals surface area (Å²) in [5.74, 6) is -0.967. The lowest BCUT2D eigenvalue weighted by molar-refractivity contribution is 0.0598. The van der Waals surface area contributed by atoms with Crippen LogP contribution in [-0.2, 0) is 11.2 Å². The van der Waals surface area contributed by atoms with Gasteiger partial charge in [0.25, 0.3) is 11.8 Å². The van der Waals surface area contributed by atoms with E-state index in [1.807, 2.05) is 6.92 Å². The van der Waals surface area contributed by atoms with Crippen molar-refractivity contribution in [3.63, 3.8) is 0 Å². The minimum absolute atomic E-state index is 0.144. The Labute approximate surface area is 163 Å². The maximum atomic E-state index is 12.9. The van der Waals surface area contributed by atoms with Crippen LogP contribution in [0.4, 0.5) is 5.69 Å². The van der Waals surface area contributed by atoms with Crippen LogP contribution in [0.3, 0.4) is 0 Å². The fraction of sp³-hybridized carbons (Fsp3) is 0.381. The molecule has 0 bridgehead atoms. The number of carbonyl (C=O) groups is 3. The molecule has 3 N–H and O–H groups in total. The molecular weight excluding hydrogens is 358 g/mol. The van der Waals surface area contributed by atoms with E-state index in [2.05, 4.69) is 15.6 Å². The molecule has 7 heteroatoms. The molecule has 1 fully saturated rings. The summed E-state index contributed by atoms with van der Waals surface area (Å²) >= 11 is 0. The molecule has 2 amide bonds. The molecule has 7 nitrogen and oxygen atoms in total. The fourth-order valence-corrected chi connectivity index (χ4v) is 3.18. The first-order chi connectivity index (χ1) is 13.4. The standard InChI is InChI=1S/C21H25N3O4/c1-4-6-16-17(21(27)28-3)12(2)22-18(16)20(26)24-15-8-5-7-13(11-15)19(25)23-14-9-10-14/h5,7-8,11,14,22H,4,6,9-10H2,1-3H3,(H,23,25)(H,24,26). The third kappa shape index (κ3) is 4.24. The number of rotatable bonds is 7. The number of hydrogen-bond acceptors (Lipinski definition) is 4. The summed E-state index contributed by atoms with van der Waals surface area (Å²) in [5, 5.41) is 5.75. The third-order valence-electron chi connectivity index (χ3n) is 4.70. The van der Waals surface area contributed by atoms with Gasteiger partial charge >= 0.3 is 5.97 Å². The van der Waals surface area contributed by atoms with Gasteiger partial charge in [-0.3, -0.25) is 9.59 Å². The summed E-state index contributed by atoms with van der Waals surface area (Å²) in [6, 6.07) is 7.07. The molecule has 2 aromatic rings. The van der Waals surface area contributed by atoms with Crippen molar-refractivity contribution >= 4 is 23.5 Å². The average molecular weight is 383 g/mol. The van der Waals surface area contributed by atoms with Gasteiger partial charge in [-0.2, -0.15) is 0 Å². The van der Waals surface area contributed by atoms with Crippen molar-refractivity contribution in [2.75, 3.05) is 12.4 Å². The van der Waals surface area contributed by atoms with Crippen molar-refractivity contribution in [3.8, 4) is 0 Å². The molecule has 1 aromatic heterocycles. The average Bonchev–Trinajstić information content (AvgIpc) is 3.43. The van der Waals surface area contributed by atoms with Crippen LogP contribution in [-0.4, -0.2) is 35.9 Å². The van der Waals surface area contributed by atoms with E-state index < -0.39 is 5.97 Å². The zero-order valence-corrected chi connectivity index (χ0v) is 16.3. The highest BCUT2D eigenvalue weighted by Gasteiger charge is 2.26. The quantitative estimate of drug-likeness (QED) is 0.639. The molecule has 1 heterocycles. The summed E-state index contributed by atoms with van der Waals surface area (Å²) in [5.41, 5.74) is 3.00. The number of H-pyrrole nitrogens is 1. The topological polar surface area (TPSA) is 100 Å². The van der Waals surface area contributed by atoms with Crippen LogP contribution in [0.1, 0.15) is 68.6 Å². The molecule has 148 valence electrons. The van der Waals surface area contributed by atoms with Gasteiger partial charge in [-0.25, -0.2) is 4.79 Å². The zero-order valence-electron chi connectivity index (χ0n) is 16.3. The number of esters is 1. The van der Waals surface area contributed by atoms with E-state index in [9.17, 15) is 14.4 Å². The molecule has 1 aliphatic carbocycles. The predicted octanol–water partition coefficient (Wildman–Crippen LogP) is 3.21. The molecule has 0 atom stereocenters. The van der Waals surface area contributed by atoms with Gasteiger partial charge in [-0.15, -0.1) is 0 Å². The monoisotopic (exact) mass is 383 g/mol. The van der Waals surface area contributed by atoms with Crippen LogP contribution in [0, 0.1) is 6.92 Å². The Kier molecular flexibility index (Phi) is 5.82. The molecular formula is C21H25N3O4. The Morgan fingerprint density at radius 1 is 1.21 bits per heavy atom. The van der Waals surface area contributed by atoms with E-state index in [1.165, 1.54) is 7.11 Å². The van der Waals surface area contributed by atoms with Crippen LogP contribution in [0.15, 0.2) is 24.3 Å². The predicted molar refractivity (Wildman–Crippen MR) is 106 cm³/mol. The molecule has 3 rings (SSSR count). The Balaban J connectivity index is 1.83. The number of amides is 2. The number of aryl methyl sites for hydroxylation is 1. The molecule has 1 aromatic carbocycles. The molecule has 0 saturated heterocycles. The van der Waals surface area contributed by atoms with Gasteiger partial charge in [-0.1, -0.05) is 19.4 Å². The van der Waals surface area contributed by atoms with E-state index in [-0.39, 0.29) is 17.9 Å². The smallest absolute Gasteiger partial charge is 0.339 e. The summed E-state index contributed by atoms with van der Waals surface area (Å²) in [7, 11) is 1.32. The van der Waals surface area contributed by atoms with Crippen LogP contribution < -0.4 is 10.6 Å². The third-order valence-corrected chi connectivity index (χ3v) is 4.70. The Hall–Kier alpha value is -3.09. The van der Waals surface area contributed by atoms with Gasteiger partial charge < -0.3 is 20.4 Å². The highest BCUT2D eigenvalue weighted by molar-refractivity contribution is 6.07. The van der Waals surface area contributed by atoms with Crippen molar-refractivity contribution in [1.82, 2.24) is 10.3 Å². The first-order valence-corrected chi connectivity index (χ1v) is 9.46. The van der Waals surface area contributed by atoms with Crippen LogP contribution in [0.25, 0.3) is 0 Å². The summed E-state index contributed by atoms with van der Waals surface area (Å²) in [6.45, 7) is 3.72. The number of carbonyl (C=O) groups excluding carboxylic acids is 3. The van der Waals surface area contributed by atoms with E-state index >= 15 is 0 Å². The Morgan fingerprint density at radius 3 is 2.61 bits per heavy atom. The second-order valence-electron chi connectivity index (χ2n) is 7.00. The fourth-order valence-electron chi connectivity index (χ4n) is 3.18. The Bertz CT molecular complexity index is 912. The Morgan fingerprint density at radius 2 is 1.96 bits per heavy atom. The van der Waals surface area contributed by atoms with Crippen LogP contribution >= 0.6 is 0 Å². The van der Waals surface area contributed by atoms with Crippen LogP contribution in [0.2, 0.25) is 0 Å². The largest absolute Gasteiger partial charge is 0.465 e. The number of aromatic nitrogens is 1. The number of anilines is 1. The second kappa shape index (κ2) is 8.29. The summed E-state index contributed by atoms with van der Waals surface area (Å²) < 4.78 is 4.86. The molecule has 28 heavy (non-hydrogen) atoms. The van der Waals surface area contributed by atoms with Gasteiger partial charge in [0.05, 0.1) is 12.7 Å². The van der Waals surface area contributed by atoms with Gasteiger partial charge in [0.15, 0.2) is 0 Å². The highest BCUT2D eigenvalue weighted by Crippen LogP contribution is 2.23. The van der Waals surface area contributed by atoms with Crippen molar-refractivity contribution in [2.24, 2.45) is 0 Å². The maximum Gasteiger partial charge on any atom is 0.339 e. The minimum Gasteiger partial charge on any atom is -0.465 e. The molecule has 0 radical (unpaired) electrons. The van der Waals surface area contributed by atoms with Crippen molar-refractivity contribution in [1.29, 1.82) is 0 Å². The zero-order chi connectivity index (χ0) is 20.3. The highest BCUT2D eigenvalue weighted by atomic mass is 16.5. The molecule has 1 saturated carbocycles. The van der Waals surface area contributed by atoms with E-state index in [1.54, 1.807) is 31.2 Å². The van der Waals surface area contributed by atoms with E-state index in [0.29, 0.717) is 40.2 Å². The molecule has 0 aliphatic heterocycles. The molecule has 1 aliphatic rings. The lowest BCUT2D eigenvalue weighted by atomic mass is 10.0. The number of aromatic amines is 1. The lowest BCUT2D eigenvalue weighted by Crippen LogP contribution is -2.25. The maximum absolute atomic E-state index is 12.9. The number of benzene rings is 1. The van der Waals surface area contributed by atoms with Crippen molar-refractivity contribution in [2.45, 2.75) is 45.6 Å². The van der Waals surface area contributed by atoms with Gasteiger partial charge in [0.2, 0.25) is 0 Å². The van der Waals surface area contributed by atoms with Gasteiger partial charge in [0.1, 0.15) is 5.69 Å². The second-order valence-corrected chi connectivity index (χ2v) is 7.00. The normalized spacial score (nSPS) is 13.1. The minimum atomic E-state index is -0.463. The van der Waals surface area contributed by atoms with E-state index in [4.69, 9.17) is 4.74 Å². The lowest BCUT2D eigenvalue weighted by Gasteiger charge is -2.09. The first-order valence-electron chi connectivity index (χ1n) is 9.46. The number of hydrogen-bond donors (Lipinski definition) is 3. The van der Waals surface area contributed by atoms with Crippen molar-refractivity contribution in [3.05, 3.63) is 52.3 Å². The van der Waals surface area contributed by atoms with Crippen LogP contribution in [0.5, 0.6) is 0 Å². The SMILES string of the molecule is CCCc1c(C(=O)Nc2cccc(C(=O)NC3CC3)c2)[nH]c(C)c1C(=O)OC. The summed E-state index contributed by atoms with van der Waals surface area (Å²) in [6.07, 6.45) is 3.37. The van der Waals surface area contributed by atoms with Gasteiger partial charge in [0, 0.05) is 23.0 Å². The summed E-state index contributed by atoms with van der Waals surface area (Å²) in [4.78, 5) is 40.2. The number of methoxy groups -OCH3 is 1. The molecule has 0 unspecified atom stereocenters. The number of ether oxygens (including phenoxy) is 1. The van der Waals surface area contributed by atoms with Gasteiger partial charge in [-0.05, 0) is 49.9 Å². The first kappa shape index (κ1) is 19.7. The van der Waals surface area contributed by atoms with Crippen molar-refractivity contribution < 1.29 is 19.1 Å².